The number of fused-ring (bicyclic) bond motifs is 1. The summed E-state index contributed by atoms with van der Waals surface area (Å²) in [6, 6.07) is 10.1. The largest absolute Gasteiger partial charge is 0.376 e. The van der Waals surface area contributed by atoms with Crippen LogP contribution in [0.4, 0.5) is 5.82 Å². The number of benzene rings is 1. The van der Waals surface area contributed by atoms with E-state index in [4.69, 9.17) is 4.74 Å². The Morgan fingerprint density at radius 1 is 1.31 bits per heavy atom. The van der Waals surface area contributed by atoms with Crippen LogP contribution in [-0.4, -0.2) is 46.6 Å². The molecule has 136 valence electrons. The summed E-state index contributed by atoms with van der Waals surface area (Å²) in [5.41, 5.74) is 3.00. The number of anilines is 1. The fourth-order valence-electron chi connectivity index (χ4n) is 3.62. The molecule has 0 aliphatic carbocycles. The van der Waals surface area contributed by atoms with E-state index in [0.717, 1.165) is 32.4 Å². The number of carbonyl (C=O) groups excluding carboxylic acids is 1. The van der Waals surface area contributed by atoms with Crippen molar-refractivity contribution >= 4 is 11.7 Å². The third-order valence-electron chi connectivity index (χ3n) is 5.01. The lowest BCUT2D eigenvalue weighted by Crippen LogP contribution is -2.36. The van der Waals surface area contributed by atoms with Crippen molar-refractivity contribution in [3.8, 4) is 0 Å². The van der Waals surface area contributed by atoms with Crippen molar-refractivity contribution in [2.45, 2.75) is 38.8 Å². The van der Waals surface area contributed by atoms with Gasteiger partial charge in [0, 0.05) is 32.3 Å². The molecule has 2 aliphatic heterocycles. The Bertz CT molecular complexity index is 802. The summed E-state index contributed by atoms with van der Waals surface area (Å²) >= 11 is 0. The lowest BCUT2D eigenvalue weighted by molar-refractivity contribution is 0.0728. The Kier molecular flexibility index (Phi) is 4.84. The van der Waals surface area contributed by atoms with Crippen molar-refractivity contribution in [2.75, 3.05) is 25.0 Å². The van der Waals surface area contributed by atoms with E-state index in [2.05, 4.69) is 33.5 Å². The molecule has 1 aromatic heterocycles. The van der Waals surface area contributed by atoms with Crippen molar-refractivity contribution in [2.24, 2.45) is 0 Å². The highest BCUT2D eigenvalue weighted by Crippen LogP contribution is 2.21. The first-order chi connectivity index (χ1) is 12.7. The van der Waals surface area contributed by atoms with Crippen LogP contribution in [0.5, 0.6) is 0 Å². The smallest absolute Gasteiger partial charge is 0.272 e. The third kappa shape index (κ3) is 3.70. The van der Waals surface area contributed by atoms with Crippen LogP contribution in [0.25, 0.3) is 0 Å². The maximum Gasteiger partial charge on any atom is 0.272 e. The van der Waals surface area contributed by atoms with Gasteiger partial charge in [-0.2, -0.15) is 0 Å². The molecule has 3 heterocycles. The van der Waals surface area contributed by atoms with Crippen molar-refractivity contribution in [1.82, 2.24) is 14.9 Å². The summed E-state index contributed by atoms with van der Waals surface area (Å²) in [5, 5.41) is 3.29. The summed E-state index contributed by atoms with van der Waals surface area (Å²) in [4.78, 5) is 23.6. The van der Waals surface area contributed by atoms with Crippen LogP contribution in [0.1, 0.15) is 40.3 Å². The Morgan fingerprint density at radius 2 is 2.15 bits per heavy atom. The molecule has 0 spiro atoms. The molecule has 6 heteroatoms. The lowest BCUT2D eigenvalue weighted by Gasteiger charge is -2.28. The van der Waals surface area contributed by atoms with Gasteiger partial charge in [-0.1, -0.05) is 24.3 Å². The minimum absolute atomic E-state index is 0.0369. The first kappa shape index (κ1) is 17.0. The molecular weight excluding hydrogens is 328 g/mol. The van der Waals surface area contributed by atoms with Crippen LogP contribution in [0.2, 0.25) is 0 Å². The van der Waals surface area contributed by atoms with Crippen LogP contribution >= 0.6 is 0 Å². The second-order valence-corrected chi connectivity index (χ2v) is 6.95. The van der Waals surface area contributed by atoms with Gasteiger partial charge < -0.3 is 15.0 Å². The van der Waals surface area contributed by atoms with Crippen molar-refractivity contribution in [3.05, 3.63) is 53.0 Å². The summed E-state index contributed by atoms with van der Waals surface area (Å²) in [7, 11) is 0. The number of rotatable bonds is 4. The van der Waals surface area contributed by atoms with Crippen LogP contribution in [-0.2, 0) is 17.7 Å². The van der Waals surface area contributed by atoms with E-state index in [1.54, 1.807) is 6.07 Å². The predicted molar refractivity (Wildman–Crippen MR) is 99.1 cm³/mol. The van der Waals surface area contributed by atoms with Gasteiger partial charge in [-0.15, -0.1) is 0 Å². The van der Waals surface area contributed by atoms with E-state index in [0.29, 0.717) is 30.4 Å². The van der Waals surface area contributed by atoms with Gasteiger partial charge >= 0.3 is 0 Å². The molecule has 4 rings (SSSR count). The van der Waals surface area contributed by atoms with Crippen LogP contribution in [0.3, 0.4) is 0 Å². The van der Waals surface area contributed by atoms with Crippen molar-refractivity contribution < 1.29 is 9.53 Å². The van der Waals surface area contributed by atoms with E-state index in [9.17, 15) is 4.79 Å². The number of aryl methyl sites for hydroxylation is 1. The lowest BCUT2D eigenvalue weighted by atomic mass is 10.00. The fraction of sp³-hybridized carbons (Fsp3) is 0.450. The van der Waals surface area contributed by atoms with E-state index >= 15 is 0 Å². The molecule has 2 aromatic rings. The van der Waals surface area contributed by atoms with E-state index < -0.39 is 0 Å². The molecule has 1 atom stereocenters. The Balaban J connectivity index is 1.47. The summed E-state index contributed by atoms with van der Waals surface area (Å²) < 4.78 is 5.63. The van der Waals surface area contributed by atoms with Crippen LogP contribution in [0, 0.1) is 6.92 Å². The van der Waals surface area contributed by atoms with E-state index in [1.165, 1.54) is 11.1 Å². The Labute approximate surface area is 153 Å². The van der Waals surface area contributed by atoms with Crippen LogP contribution < -0.4 is 5.32 Å². The van der Waals surface area contributed by atoms with Gasteiger partial charge in [0.2, 0.25) is 0 Å². The maximum absolute atomic E-state index is 13.0. The molecule has 6 nitrogen and oxygen atoms in total. The minimum atomic E-state index is -0.0369. The molecule has 1 fully saturated rings. The standard InChI is InChI=1S/C20H24N4O2/c1-14-22-18(11-19(23-14)21-12-17-7-4-10-26-17)20(25)24-9-8-15-5-2-3-6-16(15)13-24/h2-3,5-6,11,17H,4,7-10,12-13H2,1H3,(H,21,22,23). The van der Waals surface area contributed by atoms with Crippen molar-refractivity contribution in [3.63, 3.8) is 0 Å². The first-order valence-electron chi connectivity index (χ1n) is 9.26. The van der Waals surface area contributed by atoms with Gasteiger partial charge in [0.05, 0.1) is 6.10 Å². The quantitative estimate of drug-likeness (QED) is 0.916. The highest BCUT2D eigenvalue weighted by atomic mass is 16.5. The van der Waals surface area contributed by atoms with E-state index in [1.807, 2.05) is 17.9 Å². The zero-order valence-corrected chi connectivity index (χ0v) is 15.1. The number of aromatic nitrogens is 2. The minimum Gasteiger partial charge on any atom is -0.376 e. The van der Waals surface area contributed by atoms with Gasteiger partial charge in [0.25, 0.3) is 5.91 Å². The number of nitrogens with zero attached hydrogens (tertiary/aromatic N) is 3. The first-order valence-corrected chi connectivity index (χ1v) is 9.26. The summed E-state index contributed by atoms with van der Waals surface area (Å²) in [5.74, 6) is 1.25. The molecule has 1 amide bonds. The second kappa shape index (κ2) is 7.41. The number of carbonyl (C=O) groups is 1. The summed E-state index contributed by atoms with van der Waals surface area (Å²) in [6.07, 6.45) is 3.28. The topological polar surface area (TPSA) is 67.4 Å². The maximum atomic E-state index is 13.0. The molecule has 1 unspecified atom stereocenters. The zero-order valence-electron chi connectivity index (χ0n) is 15.1. The average molecular weight is 352 g/mol. The SMILES string of the molecule is Cc1nc(NCC2CCCO2)cc(C(=O)N2CCc3ccccc3C2)n1. The monoisotopic (exact) mass is 352 g/mol. The molecule has 1 saturated heterocycles. The van der Waals surface area contributed by atoms with Crippen molar-refractivity contribution in [1.29, 1.82) is 0 Å². The van der Waals surface area contributed by atoms with Gasteiger partial charge in [-0.05, 0) is 37.3 Å². The third-order valence-corrected chi connectivity index (χ3v) is 5.01. The highest BCUT2D eigenvalue weighted by Gasteiger charge is 2.23. The summed E-state index contributed by atoms with van der Waals surface area (Å²) in [6.45, 7) is 4.71. The molecule has 1 N–H and O–H groups in total. The van der Waals surface area contributed by atoms with Gasteiger partial charge in [0.15, 0.2) is 0 Å². The normalized spacial score (nSPS) is 19.3. The van der Waals surface area contributed by atoms with Gasteiger partial charge in [-0.3, -0.25) is 4.79 Å². The molecule has 1 aromatic carbocycles. The average Bonchev–Trinajstić information content (AvgIpc) is 3.18. The van der Waals surface area contributed by atoms with Gasteiger partial charge in [-0.25, -0.2) is 9.97 Å². The number of hydrogen-bond acceptors (Lipinski definition) is 5. The molecular formula is C20H24N4O2. The Morgan fingerprint density at radius 3 is 2.96 bits per heavy atom. The molecule has 0 bridgehead atoms. The number of ether oxygens (including phenoxy) is 1. The number of nitrogens with one attached hydrogen (secondary N) is 1. The molecule has 2 aliphatic rings. The molecule has 0 saturated carbocycles. The number of amides is 1. The predicted octanol–water partition coefficient (Wildman–Crippen LogP) is 2.57. The van der Waals surface area contributed by atoms with Gasteiger partial charge in [0.1, 0.15) is 17.3 Å². The molecule has 26 heavy (non-hydrogen) atoms. The highest BCUT2D eigenvalue weighted by molar-refractivity contribution is 5.93. The number of hydrogen-bond donors (Lipinski definition) is 1. The van der Waals surface area contributed by atoms with Crippen LogP contribution in [0.15, 0.2) is 30.3 Å². The Hall–Kier alpha value is -2.47. The van der Waals surface area contributed by atoms with E-state index in [-0.39, 0.29) is 12.0 Å². The fourth-order valence-corrected chi connectivity index (χ4v) is 3.62. The molecule has 0 radical (unpaired) electrons. The second-order valence-electron chi connectivity index (χ2n) is 6.95. The zero-order chi connectivity index (χ0) is 17.9.